The second-order valence-corrected chi connectivity index (χ2v) is 8.38. The summed E-state index contributed by atoms with van der Waals surface area (Å²) in [5, 5.41) is 14.4. The van der Waals surface area contributed by atoms with Gasteiger partial charge in [-0.05, 0) is 100 Å². The molecule has 0 saturated heterocycles. The standard InChI is InChI=1S/C26H32N2O.2C2H6/c1-17-18(2)20(4)25(29)24(19(17)3)26(5,6)28(7)23-15-13-22(14-16-23)27-21-11-9-8-10-12-21;2*1-2/h8-16,27,29H,1-7H3;2*1-2H3. The number of phenols is 1. The largest absolute Gasteiger partial charge is 0.507 e. The van der Waals surface area contributed by atoms with E-state index in [9.17, 15) is 5.11 Å². The highest BCUT2D eigenvalue weighted by atomic mass is 16.3. The van der Waals surface area contributed by atoms with Gasteiger partial charge in [0.05, 0.1) is 5.54 Å². The summed E-state index contributed by atoms with van der Waals surface area (Å²) in [6, 6.07) is 18.6. The first-order chi connectivity index (χ1) is 15.6. The van der Waals surface area contributed by atoms with E-state index in [2.05, 4.69) is 88.3 Å². The third-order valence-electron chi connectivity index (χ3n) is 6.42. The molecule has 0 fully saturated rings. The lowest BCUT2D eigenvalue weighted by molar-refractivity contribution is 0.425. The Bertz CT molecular complexity index is 977. The number of phenolic OH excluding ortho intramolecular Hbond substituents is 1. The van der Waals surface area contributed by atoms with Crippen LogP contribution in [0.3, 0.4) is 0 Å². The van der Waals surface area contributed by atoms with Gasteiger partial charge in [0.25, 0.3) is 0 Å². The maximum absolute atomic E-state index is 11.0. The molecule has 0 bridgehead atoms. The molecule has 0 spiro atoms. The maximum atomic E-state index is 11.0. The first-order valence-electron chi connectivity index (χ1n) is 12.1. The van der Waals surface area contributed by atoms with E-state index >= 15 is 0 Å². The van der Waals surface area contributed by atoms with Gasteiger partial charge in [0.1, 0.15) is 5.75 Å². The van der Waals surface area contributed by atoms with Crippen molar-refractivity contribution in [3.05, 3.63) is 82.4 Å². The fourth-order valence-corrected chi connectivity index (χ4v) is 3.99. The monoisotopic (exact) mass is 448 g/mol. The van der Waals surface area contributed by atoms with Gasteiger partial charge < -0.3 is 15.3 Å². The van der Waals surface area contributed by atoms with E-state index < -0.39 is 0 Å². The number of benzene rings is 3. The van der Waals surface area contributed by atoms with Crippen LogP contribution >= 0.6 is 0 Å². The van der Waals surface area contributed by atoms with Gasteiger partial charge in [-0.2, -0.15) is 0 Å². The first kappa shape index (κ1) is 28.1. The second kappa shape index (κ2) is 12.3. The van der Waals surface area contributed by atoms with Crippen LogP contribution in [-0.2, 0) is 5.54 Å². The number of anilines is 3. The number of nitrogens with one attached hydrogen (secondary N) is 1. The van der Waals surface area contributed by atoms with Gasteiger partial charge in [-0.15, -0.1) is 0 Å². The predicted octanol–water partition coefficient (Wildman–Crippen LogP) is 8.79. The molecule has 0 aromatic heterocycles. The minimum Gasteiger partial charge on any atom is -0.507 e. The van der Waals surface area contributed by atoms with Crippen molar-refractivity contribution in [3.63, 3.8) is 0 Å². The van der Waals surface area contributed by atoms with Crippen molar-refractivity contribution in [2.45, 2.75) is 74.8 Å². The molecule has 0 saturated carbocycles. The molecule has 0 amide bonds. The molecule has 3 aromatic carbocycles. The third kappa shape index (κ3) is 6.10. The lowest BCUT2D eigenvalue weighted by atomic mass is 9.82. The van der Waals surface area contributed by atoms with Crippen molar-refractivity contribution in [2.24, 2.45) is 0 Å². The molecule has 0 heterocycles. The van der Waals surface area contributed by atoms with Crippen molar-refractivity contribution in [3.8, 4) is 5.75 Å². The van der Waals surface area contributed by atoms with Crippen molar-refractivity contribution >= 4 is 17.1 Å². The summed E-state index contributed by atoms with van der Waals surface area (Å²) >= 11 is 0. The summed E-state index contributed by atoms with van der Waals surface area (Å²) in [5.74, 6) is 0.407. The summed E-state index contributed by atoms with van der Waals surface area (Å²) in [6.45, 7) is 20.7. The molecule has 2 N–H and O–H groups in total. The highest BCUT2D eigenvalue weighted by Crippen LogP contribution is 2.42. The average molecular weight is 449 g/mol. The number of rotatable bonds is 5. The Morgan fingerprint density at radius 2 is 1.12 bits per heavy atom. The van der Waals surface area contributed by atoms with Gasteiger partial charge in [0.15, 0.2) is 0 Å². The van der Waals surface area contributed by atoms with Crippen LogP contribution in [0.15, 0.2) is 54.6 Å². The van der Waals surface area contributed by atoms with Crippen LogP contribution in [0.1, 0.15) is 69.4 Å². The first-order valence-corrected chi connectivity index (χ1v) is 12.1. The molecule has 0 aliphatic heterocycles. The molecule has 3 rings (SSSR count). The number of aromatic hydroxyl groups is 1. The summed E-state index contributed by atoms with van der Waals surface area (Å²) in [6.07, 6.45) is 0. The summed E-state index contributed by atoms with van der Waals surface area (Å²) in [5.41, 5.74) is 8.38. The van der Waals surface area contributed by atoms with Crippen molar-refractivity contribution in [2.75, 3.05) is 17.3 Å². The van der Waals surface area contributed by atoms with Crippen molar-refractivity contribution in [1.29, 1.82) is 0 Å². The minimum absolute atomic E-state index is 0.369. The number of nitrogens with zero attached hydrogens (tertiary/aromatic N) is 1. The van der Waals surface area contributed by atoms with E-state index in [1.807, 2.05) is 52.8 Å². The summed E-state index contributed by atoms with van der Waals surface area (Å²) in [7, 11) is 2.09. The smallest absolute Gasteiger partial charge is 0.124 e. The summed E-state index contributed by atoms with van der Waals surface area (Å²) in [4.78, 5) is 2.23. The lowest BCUT2D eigenvalue weighted by Crippen LogP contribution is -2.39. The van der Waals surface area contributed by atoms with Gasteiger partial charge in [-0.1, -0.05) is 45.9 Å². The third-order valence-corrected chi connectivity index (χ3v) is 6.42. The SMILES string of the molecule is CC.CC.Cc1c(C)c(C)c(C(C)(C)N(C)c2ccc(Nc3ccccc3)cc2)c(O)c1C. The van der Waals surface area contributed by atoms with Gasteiger partial charge in [0.2, 0.25) is 0 Å². The Morgan fingerprint density at radius 1 is 0.667 bits per heavy atom. The van der Waals surface area contributed by atoms with E-state index in [-0.39, 0.29) is 5.54 Å². The van der Waals surface area contributed by atoms with Crippen LogP contribution < -0.4 is 10.2 Å². The molecule has 0 aliphatic rings. The topological polar surface area (TPSA) is 35.5 Å². The van der Waals surface area contributed by atoms with Crippen LogP contribution in [0, 0.1) is 27.7 Å². The highest BCUT2D eigenvalue weighted by molar-refractivity contribution is 5.65. The van der Waals surface area contributed by atoms with Gasteiger partial charge in [0, 0.05) is 29.7 Å². The Kier molecular flexibility index (Phi) is 10.5. The molecule has 0 aliphatic carbocycles. The molecular formula is C30H44N2O. The zero-order valence-electron chi connectivity index (χ0n) is 22.6. The molecule has 3 nitrogen and oxygen atoms in total. The highest BCUT2D eigenvalue weighted by Gasteiger charge is 2.32. The van der Waals surface area contributed by atoms with Crippen LogP contribution in [0.4, 0.5) is 17.1 Å². The van der Waals surface area contributed by atoms with Gasteiger partial charge >= 0.3 is 0 Å². The van der Waals surface area contributed by atoms with Gasteiger partial charge in [-0.25, -0.2) is 0 Å². The van der Waals surface area contributed by atoms with Crippen LogP contribution in [0.25, 0.3) is 0 Å². The fourth-order valence-electron chi connectivity index (χ4n) is 3.99. The van der Waals surface area contributed by atoms with Crippen LogP contribution in [0.5, 0.6) is 5.75 Å². The number of hydrogen-bond donors (Lipinski definition) is 2. The zero-order valence-corrected chi connectivity index (χ0v) is 22.6. The summed E-state index contributed by atoms with van der Waals surface area (Å²) < 4.78 is 0. The minimum atomic E-state index is -0.369. The predicted molar refractivity (Wildman–Crippen MR) is 147 cm³/mol. The molecule has 3 heteroatoms. The molecule has 0 atom stereocenters. The van der Waals surface area contributed by atoms with E-state index in [4.69, 9.17) is 0 Å². The fraction of sp³-hybridized carbons (Fsp3) is 0.400. The van der Waals surface area contributed by atoms with E-state index in [0.717, 1.165) is 33.8 Å². The second-order valence-electron chi connectivity index (χ2n) is 8.38. The van der Waals surface area contributed by atoms with Gasteiger partial charge in [-0.3, -0.25) is 0 Å². The lowest BCUT2D eigenvalue weighted by Gasteiger charge is -2.40. The Hall–Kier alpha value is -2.94. The quantitative estimate of drug-likeness (QED) is 0.409. The molecule has 180 valence electrons. The number of para-hydroxylation sites is 1. The van der Waals surface area contributed by atoms with E-state index in [1.54, 1.807) is 0 Å². The van der Waals surface area contributed by atoms with E-state index in [0.29, 0.717) is 5.75 Å². The molecule has 0 unspecified atom stereocenters. The molecule has 3 aromatic rings. The van der Waals surface area contributed by atoms with Crippen molar-refractivity contribution in [1.82, 2.24) is 0 Å². The number of hydrogen-bond acceptors (Lipinski definition) is 3. The molecular weight excluding hydrogens is 404 g/mol. The van der Waals surface area contributed by atoms with Crippen LogP contribution in [0.2, 0.25) is 0 Å². The van der Waals surface area contributed by atoms with Crippen LogP contribution in [-0.4, -0.2) is 12.2 Å². The molecule has 0 radical (unpaired) electrons. The molecule has 33 heavy (non-hydrogen) atoms. The van der Waals surface area contributed by atoms with E-state index in [1.165, 1.54) is 11.1 Å². The normalized spacial score (nSPS) is 10.4. The zero-order chi connectivity index (χ0) is 25.3. The van der Waals surface area contributed by atoms with Crippen molar-refractivity contribution < 1.29 is 5.11 Å². The Morgan fingerprint density at radius 3 is 1.64 bits per heavy atom. The maximum Gasteiger partial charge on any atom is 0.124 e. The Labute approximate surface area is 202 Å². The average Bonchev–Trinajstić information content (AvgIpc) is 2.84. The Balaban J connectivity index is 0.00000129.